The Morgan fingerprint density at radius 3 is 2.41 bits per heavy atom. The highest BCUT2D eigenvalue weighted by Gasteiger charge is 2.61. The lowest BCUT2D eigenvalue weighted by molar-refractivity contribution is -0.146. The normalized spacial score (nSPS) is 29.9. The number of nitrogens with one attached hydrogen (secondary N) is 1. The van der Waals surface area contributed by atoms with Crippen molar-refractivity contribution in [3.63, 3.8) is 0 Å². The van der Waals surface area contributed by atoms with Crippen LogP contribution >= 0.6 is 0 Å². The molecule has 1 heterocycles. The minimum absolute atomic E-state index is 0.238. The van der Waals surface area contributed by atoms with E-state index in [1.807, 2.05) is 6.92 Å². The smallest absolute Gasteiger partial charge is 0.408 e. The summed E-state index contributed by atoms with van der Waals surface area (Å²) >= 11 is 0. The molecule has 154 valence electrons. The number of alkyl carbamates (subject to hydrolysis) is 1. The van der Waals surface area contributed by atoms with Crippen LogP contribution in [-0.2, 0) is 14.4 Å². The van der Waals surface area contributed by atoms with E-state index >= 15 is 0 Å². The van der Waals surface area contributed by atoms with Crippen LogP contribution in [0.5, 0.6) is 0 Å². The molecule has 4 atom stereocenters. The number of oxime groups is 1. The maximum atomic E-state index is 12.5. The molecule has 1 saturated carbocycles. The quantitative estimate of drug-likeness (QED) is 0.694. The number of hydrogen-bond donors (Lipinski definition) is 2. The summed E-state index contributed by atoms with van der Waals surface area (Å²) in [5.74, 6) is -1.64. The number of rotatable bonds is 7. The van der Waals surface area contributed by atoms with Crippen molar-refractivity contribution in [3.05, 3.63) is 0 Å². The number of nitrogens with zero attached hydrogens (tertiary/aromatic N) is 1. The van der Waals surface area contributed by atoms with Gasteiger partial charge in [-0.1, -0.05) is 31.8 Å². The summed E-state index contributed by atoms with van der Waals surface area (Å²) in [6.07, 6.45) is 3.18. The molecule has 7 nitrogen and oxygen atoms in total. The predicted molar refractivity (Wildman–Crippen MR) is 103 cm³/mol. The first-order valence-electron chi connectivity index (χ1n) is 10.00. The lowest BCUT2D eigenvalue weighted by atomic mass is 9.77. The Hall–Kier alpha value is -1.79. The molecule has 0 aromatic carbocycles. The molecule has 4 unspecified atom stereocenters. The molecule has 0 bridgehead atoms. The van der Waals surface area contributed by atoms with Gasteiger partial charge in [-0.25, -0.2) is 4.79 Å². The molecule has 0 spiro atoms. The first-order chi connectivity index (χ1) is 12.5. The van der Waals surface area contributed by atoms with Crippen LogP contribution in [0.1, 0.15) is 73.6 Å². The maximum absolute atomic E-state index is 12.5. The minimum Gasteiger partial charge on any atom is -0.481 e. The van der Waals surface area contributed by atoms with Crippen molar-refractivity contribution in [1.29, 1.82) is 0 Å². The maximum Gasteiger partial charge on any atom is 0.408 e. The number of ether oxygens (including phenoxy) is 1. The van der Waals surface area contributed by atoms with Crippen LogP contribution in [0.25, 0.3) is 0 Å². The third kappa shape index (κ3) is 4.74. The van der Waals surface area contributed by atoms with Crippen molar-refractivity contribution in [2.75, 3.05) is 0 Å². The van der Waals surface area contributed by atoms with Crippen LogP contribution in [0, 0.1) is 17.8 Å². The fourth-order valence-corrected chi connectivity index (χ4v) is 4.46. The van der Waals surface area contributed by atoms with Gasteiger partial charge in [0.1, 0.15) is 5.60 Å². The Bertz CT molecular complexity index is 592. The van der Waals surface area contributed by atoms with E-state index in [2.05, 4.69) is 24.3 Å². The largest absolute Gasteiger partial charge is 0.481 e. The molecule has 0 aromatic heterocycles. The summed E-state index contributed by atoms with van der Waals surface area (Å²) in [7, 11) is 0. The van der Waals surface area contributed by atoms with Gasteiger partial charge in [0, 0.05) is 5.92 Å². The molecule has 27 heavy (non-hydrogen) atoms. The first kappa shape index (κ1) is 21.5. The number of fused-ring (bicyclic) bond motifs is 1. The molecular weight excluding hydrogens is 348 g/mol. The monoisotopic (exact) mass is 382 g/mol. The lowest BCUT2D eigenvalue weighted by Crippen LogP contribution is -2.54. The van der Waals surface area contributed by atoms with Crippen molar-refractivity contribution in [2.24, 2.45) is 22.9 Å². The average molecular weight is 383 g/mol. The summed E-state index contributed by atoms with van der Waals surface area (Å²) < 4.78 is 5.42. The number of carbonyl (C=O) groups excluding carboxylic acids is 1. The number of aliphatic carboxylic acids is 1. The Morgan fingerprint density at radius 2 is 1.93 bits per heavy atom. The van der Waals surface area contributed by atoms with E-state index in [0.717, 1.165) is 31.4 Å². The van der Waals surface area contributed by atoms with Crippen LogP contribution in [0.4, 0.5) is 4.79 Å². The zero-order valence-electron chi connectivity index (χ0n) is 17.4. The molecule has 1 aliphatic heterocycles. The average Bonchev–Trinajstić information content (AvgIpc) is 3.05. The van der Waals surface area contributed by atoms with E-state index < -0.39 is 35.2 Å². The van der Waals surface area contributed by atoms with Gasteiger partial charge in [0.15, 0.2) is 6.10 Å². The second kappa shape index (κ2) is 8.07. The van der Waals surface area contributed by atoms with E-state index in [4.69, 9.17) is 9.57 Å². The SMILES string of the molecule is CCCC(CCC)C1=NOC2C(C(=O)O)CC(C)(NC(=O)OC(C)(C)C)C12. The summed E-state index contributed by atoms with van der Waals surface area (Å²) in [5, 5.41) is 17.0. The van der Waals surface area contributed by atoms with E-state index in [0.29, 0.717) is 6.42 Å². The summed E-state index contributed by atoms with van der Waals surface area (Å²) in [6.45, 7) is 11.5. The van der Waals surface area contributed by atoms with Gasteiger partial charge in [0.25, 0.3) is 0 Å². The molecule has 0 radical (unpaired) electrons. The first-order valence-corrected chi connectivity index (χ1v) is 10.00. The van der Waals surface area contributed by atoms with E-state index in [1.54, 1.807) is 20.8 Å². The van der Waals surface area contributed by atoms with Crippen LogP contribution in [0.3, 0.4) is 0 Å². The molecular formula is C20H34N2O5. The third-order valence-electron chi connectivity index (χ3n) is 5.45. The van der Waals surface area contributed by atoms with Crippen molar-refractivity contribution in [3.8, 4) is 0 Å². The van der Waals surface area contributed by atoms with Crippen molar-refractivity contribution >= 4 is 17.8 Å². The van der Waals surface area contributed by atoms with Gasteiger partial charge in [-0.15, -0.1) is 0 Å². The summed E-state index contributed by atoms with van der Waals surface area (Å²) in [6, 6.07) is 0. The highest BCUT2D eigenvalue weighted by atomic mass is 16.6. The Kier molecular flexibility index (Phi) is 6.43. The van der Waals surface area contributed by atoms with E-state index in [9.17, 15) is 14.7 Å². The topological polar surface area (TPSA) is 97.2 Å². The zero-order valence-corrected chi connectivity index (χ0v) is 17.4. The number of amides is 1. The molecule has 2 N–H and O–H groups in total. The van der Waals surface area contributed by atoms with E-state index in [1.165, 1.54) is 0 Å². The minimum atomic E-state index is -0.918. The fourth-order valence-electron chi connectivity index (χ4n) is 4.46. The van der Waals surface area contributed by atoms with Gasteiger partial charge in [0.05, 0.1) is 23.1 Å². The molecule has 7 heteroatoms. The zero-order chi connectivity index (χ0) is 20.4. The van der Waals surface area contributed by atoms with Gasteiger partial charge in [0.2, 0.25) is 0 Å². The van der Waals surface area contributed by atoms with Gasteiger partial charge in [-0.05, 0) is 47.0 Å². The number of hydrogen-bond acceptors (Lipinski definition) is 5. The molecule has 1 amide bonds. The Balaban J connectivity index is 2.30. The van der Waals surface area contributed by atoms with Gasteiger partial charge >= 0.3 is 12.1 Å². The van der Waals surface area contributed by atoms with Crippen molar-refractivity contribution in [1.82, 2.24) is 5.32 Å². The number of carbonyl (C=O) groups is 2. The summed E-state index contributed by atoms with van der Waals surface area (Å²) in [5.41, 5.74) is -0.503. The number of carboxylic acids is 1. The van der Waals surface area contributed by atoms with Gasteiger partial charge in [-0.2, -0.15) is 0 Å². The molecule has 1 aliphatic carbocycles. The van der Waals surface area contributed by atoms with E-state index in [-0.39, 0.29) is 11.8 Å². The highest BCUT2D eigenvalue weighted by Crippen LogP contribution is 2.48. The predicted octanol–water partition coefficient (Wildman–Crippen LogP) is 3.96. The van der Waals surface area contributed by atoms with Crippen molar-refractivity contribution in [2.45, 2.75) is 90.9 Å². The number of carboxylic acid groups (broad SMARTS) is 1. The molecule has 2 aliphatic rings. The lowest BCUT2D eigenvalue weighted by Gasteiger charge is -2.34. The molecule has 0 aromatic rings. The second-order valence-corrected chi connectivity index (χ2v) is 9.03. The van der Waals surface area contributed by atoms with Crippen molar-refractivity contribution < 1.29 is 24.3 Å². The van der Waals surface area contributed by atoms with Crippen LogP contribution in [0.15, 0.2) is 5.16 Å². The molecule has 1 fully saturated rings. The van der Waals surface area contributed by atoms with Crippen LogP contribution in [0.2, 0.25) is 0 Å². The van der Waals surface area contributed by atoms with Gasteiger partial charge in [-0.3, -0.25) is 4.79 Å². The molecule has 2 rings (SSSR count). The fraction of sp³-hybridized carbons (Fsp3) is 0.850. The second-order valence-electron chi connectivity index (χ2n) is 9.03. The van der Waals surface area contributed by atoms with Crippen LogP contribution in [-0.4, -0.2) is 40.1 Å². The highest BCUT2D eigenvalue weighted by molar-refractivity contribution is 5.93. The Morgan fingerprint density at radius 1 is 1.33 bits per heavy atom. The Labute approximate surface area is 161 Å². The molecule has 0 saturated heterocycles. The van der Waals surface area contributed by atoms with Crippen LogP contribution < -0.4 is 5.32 Å². The standard InChI is InChI=1S/C20H34N2O5/c1-7-9-12(10-8-2)15-14-16(27-22-15)13(17(23)24)11-20(14,6)21-18(25)26-19(3,4)5/h12-14,16H,7-11H2,1-6H3,(H,21,25)(H,23,24). The third-order valence-corrected chi connectivity index (χ3v) is 5.45. The van der Waals surface area contributed by atoms with Gasteiger partial charge < -0.3 is 20.0 Å². The summed E-state index contributed by atoms with van der Waals surface area (Å²) in [4.78, 5) is 29.9.